The fraction of sp³-hybridized carbons (Fsp3) is 0.933. The lowest BCUT2D eigenvalue weighted by Gasteiger charge is -2.27. The van der Waals surface area contributed by atoms with E-state index in [2.05, 4.69) is 16.7 Å². The minimum Gasteiger partial charge on any atom is -0.468 e. The summed E-state index contributed by atoms with van der Waals surface area (Å²) in [6.45, 7) is 6.76. The van der Waals surface area contributed by atoms with Crippen molar-refractivity contribution in [3.8, 4) is 0 Å². The highest BCUT2D eigenvalue weighted by Gasteiger charge is 2.35. The number of ether oxygens (including phenoxy) is 1. The maximum Gasteiger partial charge on any atom is 0.323 e. The highest BCUT2D eigenvalue weighted by molar-refractivity contribution is 5.75. The van der Waals surface area contributed by atoms with Crippen molar-refractivity contribution in [2.24, 2.45) is 0 Å². The van der Waals surface area contributed by atoms with E-state index in [1.807, 2.05) is 0 Å². The van der Waals surface area contributed by atoms with E-state index in [0.717, 1.165) is 32.4 Å². The van der Waals surface area contributed by atoms with Gasteiger partial charge in [-0.15, -0.1) is 0 Å². The lowest BCUT2D eigenvalue weighted by molar-refractivity contribution is -0.147. The summed E-state index contributed by atoms with van der Waals surface area (Å²) in [6.07, 6.45) is 7.07. The van der Waals surface area contributed by atoms with Crippen molar-refractivity contribution in [1.29, 1.82) is 0 Å². The first-order chi connectivity index (χ1) is 9.26. The van der Waals surface area contributed by atoms with Crippen LogP contribution in [0.3, 0.4) is 0 Å². The van der Waals surface area contributed by atoms with Crippen LogP contribution in [0.1, 0.15) is 45.4 Å². The normalized spacial score (nSPS) is 26.7. The lowest BCUT2D eigenvalue weighted by Crippen LogP contribution is -2.43. The molecule has 0 aromatic rings. The molecule has 0 N–H and O–H groups in total. The summed E-state index contributed by atoms with van der Waals surface area (Å²) in [6, 6.07) is 0.647. The summed E-state index contributed by atoms with van der Waals surface area (Å²) in [5.74, 6) is -0.0458. The van der Waals surface area contributed by atoms with Crippen LogP contribution < -0.4 is 0 Å². The van der Waals surface area contributed by atoms with Gasteiger partial charge in [0, 0.05) is 19.1 Å². The first-order valence-corrected chi connectivity index (χ1v) is 7.82. The van der Waals surface area contributed by atoms with Gasteiger partial charge in [0.05, 0.1) is 7.11 Å². The zero-order chi connectivity index (χ0) is 13.7. The first kappa shape index (κ1) is 14.8. The zero-order valence-corrected chi connectivity index (χ0v) is 12.4. The van der Waals surface area contributed by atoms with Crippen LogP contribution >= 0.6 is 0 Å². The number of rotatable bonds is 6. The molecule has 4 nitrogen and oxygen atoms in total. The fourth-order valence-electron chi connectivity index (χ4n) is 3.44. The van der Waals surface area contributed by atoms with Crippen LogP contribution in [0.15, 0.2) is 0 Å². The number of carbonyl (C=O) groups excluding carboxylic acids is 1. The molecular weight excluding hydrogens is 240 g/mol. The molecule has 2 heterocycles. The van der Waals surface area contributed by atoms with Gasteiger partial charge in [0.2, 0.25) is 0 Å². The number of methoxy groups -OCH3 is 1. The molecular formula is C15H28N2O2. The fourth-order valence-corrected chi connectivity index (χ4v) is 3.44. The Kier molecular flexibility index (Phi) is 5.64. The number of esters is 1. The smallest absolute Gasteiger partial charge is 0.323 e. The standard InChI is InChI=1S/C15H28N2O2/c1-3-4-7-14(15(18)19-2)17-11-8-13(12-17)16-9-5-6-10-16/h13-14H,3-12H2,1-2H3. The minimum atomic E-state index is -0.0458. The van der Waals surface area contributed by atoms with Gasteiger partial charge in [-0.3, -0.25) is 14.6 Å². The van der Waals surface area contributed by atoms with Crippen molar-refractivity contribution in [2.45, 2.75) is 57.5 Å². The van der Waals surface area contributed by atoms with Crippen molar-refractivity contribution in [3.05, 3.63) is 0 Å². The molecule has 0 spiro atoms. The van der Waals surface area contributed by atoms with Crippen molar-refractivity contribution in [2.75, 3.05) is 33.3 Å². The average molecular weight is 268 g/mol. The second-order valence-electron chi connectivity index (χ2n) is 5.86. The quantitative estimate of drug-likeness (QED) is 0.689. The monoisotopic (exact) mass is 268 g/mol. The molecule has 0 bridgehead atoms. The van der Waals surface area contributed by atoms with Gasteiger partial charge in [-0.1, -0.05) is 19.8 Å². The second-order valence-corrected chi connectivity index (χ2v) is 5.86. The third kappa shape index (κ3) is 3.69. The largest absolute Gasteiger partial charge is 0.468 e. The molecule has 0 amide bonds. The van der Waals surface area contributed by atoms with Crippen LogP contribution in [0.4, 0.5) is 0 Å². The third-order valence-electron chi connectivity index (χ3n) is 4.60. The van der Waals surface area contributed by atoms with E-state index < -0.39 is 0 Å². The molecule has 2 aliphatic rings. The maximum absolute atomic E-state index is 12.0. The maximum atomic E-state index is 12.0. The molecule has 4 heteroatoms. The van der Waals surface area contributed by atoms with Crippen molar-refractivity contribution < 1.29 is 9.53 Å². The summed E-state index contributed by atoms with van der Waals surface area (Å²) >= 11 is 0. The van der Waals surface area contributed by atoms with Crippen LogP contribution in [0, 0.1) is 0 Å². The molecule has 110 valence electrons. The predicted molar refractivity (Wildman–Crippen MR) is 76.1 cm³/mol. The first-order valence-electron chi connectivity index (χ1n) is 7.82. The van der Waals surface area contributed by atoms with Gasteiger partial charge in [0.15, 0.2) is 0 Å². The molecule has 0 radical (unpaired) electrons. The molecule has 2 aliphatic heterocycles. The molecule has 0 aromatic carbocycles. The molecule has 2 saturated heterocycles. The van der Waals surface area contributed by atoms with E-state index in [-0.39, 0.29) is 12.0 Å². The van der Waals surface area contributed by atoms with Gasteiger partial charge in [0.1, 0.15) is 6.04 Å². The van der Waals surface area contributed by atoms with E-state index in [0.29, 0.717) is 6.04 Å². The molecule has 2 atom stereocenters. The van der Waals surface area contributed by atoms with E-state index in [4.69, 9.17) is 4.74 Å². The lowest BCUT2D eigenvalue weighted by atomic mass is 10.1. The number of carbonyl (C=O) groups is 1. The summed E-state index contributed by atoms with van der Waals surface area (Å²) in [5.41, 5.74) is 0. The third-order valence-corrected chi connectivity index (χ3v) is 4.60. The molecule has 19 heavy (non-hydrogen) atoms. The van der Waals surface area contributed by atoms with Gasteiger partial charge in [-0.05, 0) is 38.8 Å². The van der Waals surface area contributed by atoms with Gasteiger partial charge >= 0.3 is 5.97 Å². The van der Waals surface area contributed by atoms with E-state index in [1.165, 1.54) is 39.5 Å². The highest BCUT2D eigenvalue weighted by atomic mass is 16.5. The average Bonchev–Trinajstić information content (AvgIpc) is 3.09. The second kappa shape index (κ2) is 7.25. The Morgan fingerprint density at radius 3 is 2.68 bits per heavy atom. The van der Waals surface area contributed by atoms with Crippen molar-refractivity contribution >= 4 is 5.97 Å². The number of hydrogen-bond acceptors (Lipinski definition) is 4. The van der Waals surface area contributed by atoms with Crippen LogP contribution in [-0.4, -0.2) is 61.1 Å². The molecule has 2 fully saturated rings. The van der Waals surface area contributed by atoms with Crippen LogP contribution in [-0.2, 0) is 9.53 Å². The Morgan fingerprint density at radius 1 is 1.32 bits per heavy atom. The molecule has 2 rings (SSSR count). The SMILES string of the molecule is CCCCC(C(=O)OC)N1CCC(N2CCCC2)C1. The van der Waals surface area contributed by atoms with Crippen molar-refractivity contribution in [3.63, 3.8) is 0 Å². The Balaban J connectivity index is 1.89. The van der Waals surface area contributed by atoms with Gasteiger partial charge in [0.25, 0.3) is 0 Å². The van der Waals surface area contributed by atoms with Crippen LogP contribution in [0.25, 0.3) is 0 Å². The molecule has 2 unspecified atom stereocenters. The number of nitrogens with zero attached hydrogens (tertiary/aromatic N) is 2. The van der Waals surface area contributed by atoms with Crippen LogP contribution in [0.5, 0.6) is 0 Å². The summed E-state index contributed by atoms with van der Waals surface area (Å²) in [5, 5.41) is 0. The molecule has 0 aliphatic carbocycles. The number of hydrogen-bond donors (Lipinski definition) is 0. The molecule has 0 aromatic heterocycles. The van der Waals surface area contributed by atoms with Crippen LogP contribution in [0.2, 0.25) is 0 Å². The molecule has 0 saturated carbocycles. The predicted octanol–water partition coefficient (Wildman–Crippen LogP) is 1.89. The Labute approximate surface area is 117 Å². The number of likely N-dealkylation sites (tertiary alicyclic amines) is 2. The van der Waals surface area contributed by atoms with E-state index in [1.54, 1.807) is 0 Å². The van der Waals surface area contributed by atoms with Gasteiger partial charge < -0.3 is 4.74 Å². The summed E-state index contributed by atoms with van der Waals surface area (Å²) in [4.78, 5) is 16.9. The summed E-state index contributed by atoms with van der Waals surface area (Å²) in [7, 11) is 1.51. The topological polar surface area (TPSA) is 32.8 Å². The Morgan fingerprint density at radius 2 is 2.05 bits per heavy atom. The summed E-state index contributed by atoms with van der Waals surface area (Å²) < 4.78 is 4.99. The zero-order valence-electron chi connectivity index (χ0n) is 12.4. The number of unbranched alkanes of at least 4 members (excludes halogenated alkanes) is 1. The Bertz CT molecular complexity index is 290. The highest BCUT2D eigenvalue weighted by Crippen LogP contribution is 2.23. The van der Waals surface area contributed by atoms with Gasteiger partial charge in [-0.25, -0.2) is 0 Å². The Hall–Kier alpha value is -0.610. The van der Waals surface area contributed by atoms with Gasteiger partial charge in [-0.2, -0.15) is 0 Å². The minimum absolute atomic E-state index is 0.0162. The van der Waals surface area contributed by atoms with Crippen molar-refractivity contribution in [1.82, 2.24) is 9.80 Å². The van der Waals surface area contributed by atoms with E-state index in [9.17, 15) is 4.79 Å². The van der Waals surface area contributed by atoms with E-state index >= 15 is 0 Å².